The molecule has 0 saturated carbocycles. The Morgan fingerprint density at radius 2 is 2.00 bits per heavy atom. The van der Waals surface area contributed by atoms with Crippen LogP contribution in [0.2, 0.25) is 5.02 Å². The third-order valence-electron chi connectivity index (χ3n) is 4.35. The molecule has 0 aliphatic carbocycles. The second-order valence-corrected chi connectivity index (χ2v) is 9.94. The van der Waals surface area contributed by atoms with Gasteiger partial charge in [-0.25, -0.2) is 8.42 Å². The zero-order chi connectivity index (χ0) is 18.7. The third-order valence-corrected chi connectivity index (χ3v) is 7.13. The molecule has 1 aromatic carbocycles. The highest BCUT2D eigenvalue weighted by molar-refractivity contribution is 14.0. The van der Waals surface area contributed by atoms with Crippen LogP contribution >= 0.6 is 35.6 Å². The summed E-state index contributed by atoms with van der Waals surface area (Å²) in [6, 6.07) is 7.00. The molecule has 0 amide bonds. The zero-order valence-electron chi connectivity index (χ0n) is 15.3. The second kappa shape index (κ2) is 9.57. The van der Waals surface area contributed by atoms with E-state index in [1.165, 1.54) is 0 Å². The van der Waals surface area contributed by atoms with Crippen molar-refractivity contribution in [2.24, 2.45) is 4.99 Å². The zero-order valence-corrected chi connectivity index (χ0v) is 19.2. The lowest BCUT2D eigenvalue weighted by molar-refractivity contribution is 0.186. The van der Waals surface area contributed by atoms with Gasteiger partial charge in [-0.2, -0.15) is 0 Å². The number of sulfone groups is 1. The largest absolute Gasteiger partial charge is 0.386 e. The van der Waals surface area contributed by atoms with E-state index in [1.807, 2.05) is 11.8 Å². The molecule has 1 unspecified atom stereocenters. The molecule has 1 aliphatic heterocycles. The maximum absolute atomic E-state index is 12.2. The second-order valence-electron chi connectivity index (χ2n) is 6.76. The van der Waals surface area contributed by atoms with Crippen molar-refractivity contribution in [1.82, 2.24) is 10.2 Å². The summed E-state index contributed by atoms with van der Waals surface area (Å²) in [7, 11) is -3.11. The van der Waals surface area contributed by atoms with E-state index in [9.17, 15) is 13.5 Å². The van der Waals surface area contributed by atoms with Gasteiger partial charge in [-0.1, -0.05) is 23.7 Å². The van der Waals surface area contributed by atoms with E-state index in [2.05, 4.69) is 10.3 Å². The van der Waals surface area contributed by atoms with Gasteiger partial charge in [0, 0.05) is 24.7 Å². The molecule has 1 aromatic rings. The summed E-state index contributed by atoms with van der Waals surface area (Å²) >= 11 is 5.86. The van der Waals surface area contributed by atoms with Crippen LogP contribution in [0.5, 0.6) is 0 Å². The third kappa shape index (κ3) is 5.71. The monoisotopic (exact) mass is 515 g/mol. The number of guanidine groups is 1. The number of aliphatic imine (C=N–C) groups is 1. The van der Waals surface area contributed by atoms with Crippen molar-refractivity contribution in [3.05, 3.63) is 34.9 Å². The average Bonchev–Trinajstić information content (AvgIpc) is 2.54. The summed E-state index contributed by atoms with van der Waals surface area (Å²) in [5, 5.41) is 14.1. The number of hydrogen-bond acceptors (Lipinski definition) is 4. The molecule has 0 aromatic heterocycles. The summed E-state index contributed by atoms with van der Waals surface area (Å²) in [6.07, 6.45) is -0.743. The Balaban J connectivity index is 0.00000338. The Bertz CT molecular complexity index is 723. The SMILES string of the molecule is CCNC(=NCC(O)c1ccc(Cl)cc1)N1CCS(=O)(=O)C(C)(C)C1.I. The molecule has 2 rings (SSSR count). The highest BCUT2D eigenvalue weighted by Crippen LogP contribution is 2.24. The van der Waals surface area contributed by atoms with Crippen molar-refractivity contribution < 1.29 is 13.5 Å². The predicted molar refractivity (Wildman–Crippen MR) is 117 cm³/mol. The maximum atomic E-state index is 12.2. The number of hydrogen-bond donors (Lipinski definition) is 2. The van der Waals surface area contributed by atoms with E-state index in [0.29, 0.717) is 30.6 Å². The van der Waals surface area contributed by atoms with E-state index in [1.54, 1.807) is 38.1 Å². The number of benzene rings is 1. The molecule has 1 saturated heterocycles. The first-order valence-electron chi connectivity index (χ1n) is 8.35. The standard InChI is InChI=1S/C17H26ClN3O3S.HI/c1-4-19-16(21-9-10-25(23,24)17(2,3)12-21)20-11-15(22)13-5-7-14(18)8-6-13;/h5-8,15,22H,4,9-12H2,1-3H3,(H,19,20);1H. The Morgan fingerprint density at radius 1 is 1.38 bits per heavy atom. The van der Waals surface area contributed by atoms with Crippen molar-refractivity contribution in [1.29, 1.82) is 0 Å². The molecular weight excluding hydrogens is 489 g/mol. The summed E-state index contributed by atoms with van der Waals surface area (Å²) in [4.78, 5) is 6.45. The Labute approximate surface area is 178 Å². The first-order valence-corrected chi connectivity index (χ1v) is 10.4. The van der Waals surface area contributed by atoms with Crippen molar-refractivity contribution >= 4 is 51.4 Å². The minimum absolute atomic E-state index is 0. The minimum Gasteiger partial charge on any atom is -0.386 e. The van der Waals surface area contributed by atoms with Crippen LogP contribution in [0.25, 0.3) is 0 Å². The summed E-state index contributed by atoms with van der Waals surface area (Å²) < 4.78 is 23.5. The van der Waals surface area contributed by atoms with E-state index >= 15 is 0 Å². The molecule has 9 heteroatoms. The normalized spacial score (nSPS) is 20.2. The van der Waals surface area contributed by atoms with Crippen LogP contribution in [0.15, 0.2) is 29.3 Å². The van der Waals surface area contributed by atoms with Crippen LogP contribution in [0, 0.1) is 0 Å². The van der Waals surface area contributed by atoms with Gasteiger partial charge in [0.1, 0.15) is 0 Å². The first kappa shape index (κ1) is 23.5. The molecular formula is C17H27ClIN3O3S. The van der Waals surface area contributed by atoms with Gasteiger partial charge in [-0.05, 0) is 38.5 Å². The van der Waals surface area contributed by atoms with Gasteiger partial charge in [0.15, 0.2) is 15.8 Å². The lowest BCUT2D eigenvalue weighted by Crippen LogP contribution is -2.57. The van der Waals surface area contributed by atoms with Gasteiger partial charge in [0.2, 0.25) is 0 Å². The highest BCUT2D eigenvalue weighted by Gasteiger charge is 2.40. The fourth-order valence-electron chi connectivity index (χ4n) is 2.71. The Kier molecular flexibility index (Phi) is 8.63. The molecule has 2 N–H and O–H groups in total. The quantitative estimate of drug-likeness (QED) is 0.366. The molecule has 1 atom stereocenters. The van der Waals surface area contributed by atoms with Crippen molar-refractivity contribution in [3.8, 4) is 0 Å². The predicted octanol–water partition coefficient (Wildman–Crippen LogP) is 2.47. The maximum Gasteiger partial charge on any atom is 0.194 e. The number of halogens is 2. The van der Waals surface area contributed by atoms with Crippen molar-refractivity contribution in [2.75, 3.05) is 31.9 Å². The number of nitrogens with zero attached hydrogens (tertiary/aromatic N) is 2. The molecule has 1 heterocycles. The molecule has 26 heavy (non-hydrogen) atoms. The lowest BCUT2D eigenvalue weighted by Gasteiger charge is -2.39. The Hall–Kier alpha value is -0.580. The van der Waals surface area contributed by atoms with Gasteiger partial charge in [-0.3, -0.25) is 4.99 Å². The number of rotatable bonds is 4. The highest BCUT2D eigenvalue weighted by atomic mass is 127. The van der Waals surface area contributed by atoms with Gasteiger partial charge in [0.25, 0.3) is 0 Å². The van der Waals surface area contributed by atoms with E-state index in [-0.39, 0.29) is 36.3 Å². The smallest absolute Gasteiger partial charge is 0.194 e. The van der Waals surface area contributed by atoms with E-state index in [0.717, 1.165) is 5.56 Å². The minimum atomic E-state index is -3.11. The van der Waals surface area contributed by atoms with Crippen LogP contribution in [0.1, 0.15) is 32.4 Å². The average molecular weight is 516 g/mol. The van der Waals surface area contributed by atoms with Crippen LogP contribution in [-0.2, 0) is 9.84 Å². The van der Waals surface area contributed by atoms with Gasteiger partial charge >= 0.3 is 0 Å². The van der Waals surface area contributed by atoms with Crippen molar-refractivity contribution in [3.63, 3.8) is 0 Å². The fourth-order valence-corrected chi connectivity index (χ4v) is 4.21. The van der Waals surface area contributed by atoms with Gasteiger partial charge in [-0.15, -0.1) is 24.0 Å². The molecule has 148 valence electrons. The van der Waals surface area contributed by atoms with Crippen LogP contribution in [-0.4, -0.2) is 61.1 Å². The van der Waals surface area contributed by atoms with Gasteiger partial charge in [0.05, 0.1) is 23.1 Å². The Morgan fingerprint density at radius 3 is 2.54 bits per heavy atom. The molecule has 1 aliphatic rings. The molecule has 6 nitrogen and oxygen atoms in total. The summed E-state index contributed by atoms with van der Waals surface area (Å²) in [6.45, 7) is 7.05. The van der Waals surface area contributed by atoms with Crippen molar-refractivity contribution in [2.45, 2.75) is 31.6 Å². The van der Waals surface area contributed by atoms with E-state index < -0.39 is 20.7 Å². The van der Waals surface area contributed by atoms with Crippen LogP contribution in [0.4, 0.5) is 0 Å². The summed E-state index contributed by atoms with van der Waals surface area (Å²) in [5.74, 6) is 0.725. The van der Waals surface area contributed by atoms with Crippen LogP contribution < -0.4 is 5.32 Å². The summed E-state index contributed by atoms with van der Waals surface area (Å²) in [5.41, 5.74) is 0.741. The number of aliphatic hydroxyl groups excluding tert-OH is 1. The molecule has 0 spiro atoms. The number of nitrogens with one attached hydrogen (secondary N) is 1. The lowest BCUT2D eigenvalue weighted by atomic mass is 10.1. The molecule has 1 fully saturated rings. The fraction of sp³-hybridized carbons (Fsp3) is 0.588. The van der Waals surface area contributed by atoms with E-state index in [4.69, 9.17) is 11.6 Å². The number of aliphatic hydroxyl groups is 1. The van der Waals surface area contributed by atoms with Crippen LogP contribution in [0.3, 0.4) is 0 Å². The van der Waals surface area contributed by atoms with Gasteiger partial charge < -0.3 is 15.3 Å². The molecule has 0 bridgehead atoms. The molecule has 0 radical (unpaired) electrons. The first-order chi connectivity index (χ1) is 11.7. The topological polar surface area (TPSA) is 82.0 Å².